The average molecular weight is 674 g/mol. The smallest absolute Gasteiger partial charge is 0.334 e. The molecule has 0 spiro atoms. The van der Waals surface area contributed by atoms with E-state index in [1.54, 1.807) is 35.1 Å². The van der Waals surface area contributed by atoms with E-state index in [-0.39, 0.29) is 17.3 Å². The number of fused-ring (bicyclic) bond motifs is 1. The Labute approximate surface area is 282 Å². The molecule has 14 nitrogen and oxygen atoms in total. The first kappa shape index (κ1) is 31.8. The number of nitrogens with zero attached hydrogens (tertiary/aromatic N) is 7. The summed E-state index contributed by atoms with van der Waals surface area (Å²) in [7, 11) is 5.84. The van der Waals surface area contributed by atoms with Crippen LogP contribution in [0.25, 0.3) is 39.4 Å². The van der Waals surface area contributed by atoms with Gasteiger partial charge in [0.15, 0.2) is 0 Å². The van der Waals surface area contributed by atoms with Gasteiger partial charge in [0.2, 0.25) is 11.6 Å². The van der Waals surface area contributed by atoms with Gasteiger partial charge in [-0.1, -0.05) is 18.2 Å². The third kappa shape index (κ3) is 6.27. The van der Waals surface area contributed by atoms with Gasteiger partial charge in [-0.15, -0.1) is 0 Å². The van der Waals surface area contributed by atoms with E-state index < -0.39 is 23.0 Å². The highest BCUT2D eigenvalue weighted by Gasteiger charge is 2.24. The van der Waals surface area contributed by atoms with Crippen molar-refractivity contribution in [1.29, 1.82) is 0 Å². The molecule has 15 heteroatoms. The third-order valence-corrected chi connectivity index (χ3v) is 7.62. The maximum atomic E-state index is 13.4. The lowest BCUT2D eigenvalue weighted by atomic mass is 9.99. The molecule has 0 aliphatic carbocycles. The summed E-state index contributed by atoms with van der Waals surface area (Å²) in [5.74, 6) is -0.350. The Morgan fingerprint density at radius 1 is 1.02 bits per heavy atom. The Kier molecular flexibility index (Phi) is 8.31. The Bertz CT molecular complexity index is 2480. The molecule has 250 valence electrons. The van der Waals surface area contributed by atoms with Crippen molar-refractivity contribution in [2.24, 2.45) is 7.05 Å². The number of halogens is 1. The van der Waals surface area contributed by atoms with Crippen LogP contribution < -0.4 is 21.3 Å². The van der Waals surface area contributed by atoms with Crippen LogP contribution in [0.4, 0.5) is 10.1 Å². The van der Waals surface area contributed by atoms with E-state index in [1.807, 2.05) is 39.5 Å². The summed E-state index contributed by atoms with van der Waals surface area (Å²) < 4.78 is 28.3. The van der Waals surface area contributed by atoms with Gasteiger partial charge in [0, 0.05) is 37.2 Å². The molecule has 0 aliphatic heterocycles. The molecule has 0 radical (unpaired) electrons. The minimum absolute atomic E-state index is 0.137. The molecule has 5 aromatic heterocycles. The number of amides is 1. The highest BCUT2D eigenvalue weighted by Crippen LogP contribution is 2.44. The van der Waals surface area contributed by atoms with E-state index in [9.17, 15) is 18.8 Å². The number of aromatic nitrogens is 7. The van der Waals surface area contributed by atoms with Gasteiger partial charge in [0.25, 0.3) is 11.5 Å². The lowest BCUT2D eigenvalue weighted by molar-refractivity contribution is 0.102. The Balaban J connectivity index is 1.19. The molecular weight excluding hydrogens is 645 g/mol. The summed E-state index contributed by atoms with van der Waals surface area (Å²) in [4.78, 5) is 55.6. The van der Waals surface area contributed by atoms with E-state index in [4.69, 9.17) is 9.15 Å². The van der Waals surface area contributed by atoms with Gasteiger partial charge < -0.3 is 24.4 Å². The number of nitrogens with one attached hydrogen (secondary N) is 2. The molecule has 0 fully saturated rings. The van der Waals surface area contributed by atoms with Crippen molar-refractivity contribution < 1.29 is 18.3 Å². The molecule has 0 aliphatic rings. The van der Waals surface area contributed by atoms with Gasteiger partial charge in [0.05, 0.1) is 18.0 Å². The van der Waals surface area contributed by atoms with Crippen LogP contribution in [0.3, 0.4) is 0 Å². The van der Waals surface area contributed by atoms with Crippen molar-refractivity contribution in [3.63, 3.8) is 0 Å². The largest absolute Gasteiger partial charge is 0.438 e. The summed E-state index contributed by atoms with van der Waals surface area (Å²) in [5, 5.41) is 7.53. The SMILES string of the molecule is CN(C)Cc1cccc(-c2c(-c3cnn(C)c3)oc3ncnc(Oc4ccc(NC(=O)c5c[nH]c(=O)n(-c6ccc(F)cn6)c5=O)cc4)c23)c1. The number of ether oxygens (including phenoxy) is 1. The number of rotatable bonds is 9. The maximum absolute atomic E-state index is 13.4. The summed E-state index contributed by atoms with van der Waals surface area (Å²) in [6, 6.07) is 16.7. The lowest BCUT2D eigenvalue weighted by Crippen LogP contribution is -2.38. The standard InChI is InChI=1S/C35H28FN9O5/c1-43(2)17-20-5-4-6-21(13-20)28-29-32(39-19-40-33(29)50-30(28)22-14-41-44(3)18-22)49-25-10-8-24(9-11-25)42-31(46)26-16-38-35(48)45(34(26)47)27-12-7-23(36)15-37-27/h4-16,18-19H,17H2,1-3H3,(H,38,48)(H,42,46). The normalized spacial score (nSPS) is 11.3. The zero-order chi connectivity index (χ0) is 34.9. The molecule has 1 amide bonds. The van der Waals surface area contributed by atoms with Crippen LogP contribution in [0.5, 0.6) is 11.6 Å². The number of furan rings is 1. The summed E-state index contributed by atoms with van der Waals surface area (Å²) in [6.07, 6.45) is 6.80. The number of hydrogen-bond donors (Lipinski definition) is 2. The predicted molar refractivity (Wildman–Crippen MR) is 182 cm³/mol. The van der Waals surface area contributed by atoms with Crippen molar-refractivity contribution in [3.05, 3.63) is 130 Å². The monoisotopic (exact) mass is 673 g/mol. The quantitative estimate of drug-likeness (QED) is 0.218. The average Bonchev–Trinajstić information content (AvgIpc) is 3.70. The van der Waals surface area contributed by atoms with Crippen LogP contribution >= 0.6 is 0 Å². The van der Waals surface area contributed by atoms with Gasteiger partial charge in [0.1, 0.15) is 40.4 Å². The second-order valence-corrected chi connectivity index (χ2v) is 11.6. The highest BCUT2D eigenvalue weighted by molar-refractivity contribution is 6.04. The molecule has 5 heterocycles. The minimum Gasteiger partial charge on any atom is -0.438 e. The van der Waals surface area contributed by atoms with E-state index >= 15 is 0 Å². The number of aromatic amines is 1. The summed E-state index contributed by atoms with van der Waals surface area (Å²) in [5.41, 5.74) is 2.04. The molecule has 7 rings (SSSR count). The first-order valence-corrected chi connectivity index (χ1v) is 15.2. The Morgan fingerprint density at radius 3 is 2.56 bits per heavy atom. The number of aryl methyl sites for hydroxylation is 1. The number of hydrogen-bond acceptors (Lipinski definition) is 10. The Hall–Kier alpha value is -6.74. The van der Waals surface area contributed by atoms with Gasteiger partial charge in [-0.3, -0.25) is 14.3 Å². The molecule has 0 unspecified atom stereocenters. The van der Waals surface area contributed by atoms with Crippen molar-refractivity contribution >= 4 is 22.7 Å². The fourth-order valence-corrected chi connectivity index (χ4v) is 5.45. The summed E-state index contributed by atoms with van der Waals surface area (Å²) >= 11 is 0. The van der Waals surface area contributed by atoms with Crippen molar-refractivity contribution in [3.8, 4) is 39.9 Å². The molecule has 2 N–H and O–H groups in total. The van der Waals surface area contributed by atoms with Crippen LogP contribution in [0.2, 0.25) is 0 Å². The van der Waals surface area contributed by atoms with Crippen molar-refractivity contribution in [2.45, 2.75) is 6.54 Å². The third-order valence-electron chi connectivity index (χ3n) is 7.62. The van der Waals surface area contributed by atoms with Gasteiger partial charge in [-0.25, -0.2) is 28.7 Å². The van der Waals surface area contributed by atoms with E-state index in [1.165, 1.54) is 6.33 Å². The molecule has 50 heavy (non-hydrogen) atoms. The second-order valence-electron chi connectivity index (χ2n) is 11.6. The number of pyridine rings is 1. The number of H-pyrrole nitrogens is 1. The predicted octanol–water partition coefficient (Wildman–Crippen LogP) is 4.77. The lowest BCUT2D eigenvalue weighted by Gasteiger charge is -2.12. The molecule has 0 saturated heterocycles. The minimum atomic E-state index is -0.924. The second kappa shape index (κ2) is 13.0. The van der Waals surface area contributed by atoms with Crippen LogP contribution in [0, 0.1) is 5.82 Å². The molecular formula is C35H28FN9O5. The van der Waals surface area contributed by atoms with E-state index in [0.717, 1.165) is 53.3 Å². The first-order chi connectivity index (χ1) is 24.1. The molecule has 2 aromatic carbocycles. The van der Waals surface area contributed by atoms with Crippen LogP contribution in [0.15, 0.2) is 106 Å². The highest BCUT2D eigenvalue weighted by atomic mass is 19.1. The Morgan fingerprint density at radius 2 is 1.84 bits per heavy atom. The van der Waals surface area contributed by atoms with Crippen LogP contribution in [0.1, 0.15) is 15.9 Å². The van der Waals surface area contributed by atoms with Gasteiger partial charge in [-0.05, 0) is 67.7 Å². The zero-order valence-electron chi connectivity index (χ0n) is 26.9. The fraction of sp³-hybridized carbons (Fsp3) is 0.114. The fourth-order valence-electron chi connectivity index (χ4n) is 5.45. The van der Waals surface area contributed by atoms with Gasteiger partial charge in [-0.2, -0.15) is 5.10 Å². The van der Waals surface area contributed by atoms with Crippen LogP contribution in [-0.2, 0) is 13.6 Å². The number of benzene rings is 2. The molecule has 0 bridgehead atoms. The van der Waals surface area contributed by atoms with Crippen molar-refractivity contribution in [2.75, 3.05) is 19.4 Å². The molecule has 7 aromatic rings. The number of anilines is 1. The number of carbonyl (C=O) groups excluding carboxylic acids is 1. The summed E-state index contributed by atoms with van der Waals surface area (Å²) in [6.45, 7) is 0.735. The molecule has 0 saturated carbocycles. The van der Waals surface area contributed by atoms with E-state index in [2.05, 4.69) is 47.4 Å². The van der Waals surface area contributed by atoms with Crippen LogP contribution in [-0.4, -0.2) is 59.2 Å². The van der Waals surface area contributed by atoms with Gasteiger partial charge >= 0.3 is 5.69 Å². The zero-order valence-corrected chi connectivity index (χ0v) is 26.9. The van der Waals surface area contributed by atoms with Crippen molar-refractivity contribution in [1.82, 2.24) is 39.2 Å². The first-order valence-electron chi connectivity index (χ1n) is 15.2. The molecule has 0 atom stereocenters. The van der Waals surface area contributed by atoms with E-state index in [0.29, 0.717) is 32.9 Å². The topological polar surface area (TPSA) is 166 Å². The number of carbonyl (C=O) groups is 1. The maximum Gasteiger partial charge on any atom is 0.334 e.